The third kappa shape index (κ3) is 3.32. The van der Waals surface area contributed by atoms with Gasteiger partial charge in [-0.15, -0.1) is 0 Å². The number of rotatable bonds is 3. The summed E-state index contributed by atoms with van der Waals surface area (Å²) in [4.78, 5) is 12.0. The van der Waals surface area contributed by atoms with Gasteiger partial charge >= 0.3 is 0 Å². The summed E-state index contributed by atoms with van der Waals surface area (Å²) in [6.45, 7) is 1.99. The molecule has 0 radical (unpaired) electrons. The first-order chi connectivity index (χ1) is 9.08. The van der Waals surface area contributed by atoms with E-state index in [0.717, 1.165) is 15.6 Å². The van der Waals surface area contributed by atoms with E-state index >= 15 is 0 Å². The van der Waals surface area contributed by atoms with Crippen LogP contribution in [0.1, 0.15) is 21.5 Å². The van der Waals surface area contributed by atoms with Crippen LogP contribution in [0.25, 0.3) is 6.08 Å². The molecule has 0 aliphatic heterocycles. The van der Waals surface area contributed by atoms with E-state index in [-0.39, 0.29) is 11.5 Å². The first kappa shape index (κ1) is 13.6. The van der Waals surface area contributed by atoms with Crippen molar-refractivity contribution in [2.24, 2.45) is 0 Å². The largest absolute Gasteiger partial charge is 0.507 e. The summed E-state index contributed by atoms with van der Waals surface area (Å²) in [7, 11) is 0. The molecular formula is C16H13BrO2. The summed E-state index contributed by atoms with van der Waals surface area (Å²) < 4.78 is 0.762. The second kappa shape index (κ2) is 5.85. The van der Waals surface area contributed by atoms with Crippen LogP contribution in [-0.4, -0.2) is 10.9 Å². The van der Waals surface area contributed by atoms with E-state index in [0.29, 0.717) is 5.56 Å². The minimum Gasteiger partial charge on any atom is -0.507 e. The molecule has 3 heteroatoms. The number of hydrogen-bond donors (Lipinski definition) is 1. The van der Waals surface area contributed by atoms with Gasteiger partial charge in [-0.3, -0.25) is 4.79 Å². The molecule has 0 atom stereocenters. The first-order valence-electron chi connectivity index (χ1n) is 5.84. The zero-order valence-corrected chi connectivity index (χ0v) is 12.0. The number of phenols is 1. The first-order valence-corrected chi connectivity index (χ1v) is 6.64. The molecule has 0 heterocycles. The highest BCUT2D eigenvalue weighted by Crippen LogP contribution is 2.23. The predicted molar refractivity (Wildman–Crippen MR) is 80.4 cm³/mol. The van der Waals surface area contributed by atoms with Crippen LogP contribution in [0.3, 0.4) is 0 Å². The summed E-state index contributed by atoms with van der Waals surface area (Å²) in [5.41, 5.74) is 2.38. The van der Waals surface area contributed by atoms with Crippen LogP contribution < -0.4 is 0 Å². The van der Waals surface area contributed by atoms with Crippen LogP contribution in [0.5, 0.6) is 5.75 Å². The van der Waals surface area contributed by atoms with E-state index in [4.69, 9.17) is 0 Å². The Labute approximate surface area is 120 Å². The second-order valence-electron chi connectivity index (χ2n) is 4.22. The summed E-state index contributed by atoms with van der Waals surface area (Å²) >= 11 is 3.28. The maximum absolute atomic E-state index is 12.0. The van der Waals surface area contributed by atoms with Crippen molar-refractivity contribution in [1.29, 1.82) is 0 Å². The highest BCUT2D eigenvalue weighted by Gasteiger charge is 2.08. The van der Waals surface area contributed by atoms with E-state index in [9.17, 15) is 9.90 Å². The maximum atomic E-state index is 12.0. The van der Waals surface area contributed by atoms with Gasteiger partial charge in [-0.1, -0.05) is 46.3 Å². The lowest BCUT2D eigenvalue weighted by Crippen LogP contribution is -1.95. The van der Waals surface area contributed by atoms with Gasteiger partial charge in [0.25, 0.3) is 0 Å². The Morgan fingerprint density at radius 1 is 1.21 bits per heavy atom. The van der Waals surface area contributed by atoms with Gasteiger partial charge in [0, 0.05) is 4.47 Å². The molecule has 0 aliphatic carbocycles. The average molecular weight is 317 g/mol. The molecule has 2 nitrogen and oxygen atoms in total. The Kier molecular flexibility index (Phi) is 4.17. The predicted octanol–water partition coefficient (Wildman–Crippen LogP) is 4.36. The Balaban J connectivity index is 2.26. The van der Waals surface area contributed by atoms with Crippen LogP contribution in [0.15, 0.2) is 53.0 Å². The number of phenolic OH excluding ortho intramolecular Hbond substituents is 1. The number of aryl methyl sites for hydroxylation is 1. The summed E-state index contributed by atoms with van der Waals surface area (Å²) in [5, 5.41) is 9.68. The van der Waals surface area contributed by atoms with Crippen molar-refractivity contribution in [3.05, 3.63) is 69.7 Å². The molecule has 0 amide bonds. The smallest absolute Gasteiger partial charge is 0.189 e. The van der Waals surface area contributed by atoms with Crippen molar-refractivity contribution in [3.63, 3.8) is 0 Å². The third-order valence-electron chi connectivity index (χ3n) is 2.83. The molecule has 0 bridgehead atoms. The standard InChI is InChI=1S/C16H13BrO2/c1-11-4-2-3-5-12(11)6-8-15(18)14-10-13(17)7-9-16(14)19/h2-10,19H,1H3. The average Bonchev–Trinajstić information content (AvgIpc) is 2.40. The molecule has 0 aliphatic rings. The third-order valence-corrected chi connectivity index (χ3v) is 3.32. The Bertz CT molecular complexity index is 645. The van der Waals surface area contributed by atoms with E-state index in [2.05, 4.69) is 15.9 Å². The number of aromatic hydroxyl groups is 1. The minimum absolute atomic E-state index is 0.0115. The monoisotopic (exact) mass is 316 g/mol. The van der Waals surface area contributed by atoms with Crippen LogP contribution in [0.4, 0.5) is 0 Å². The van der Waals surface area contributed by atoms with E-state index in [1.54, 1.807) is 18.2 Å². The molecule has 0 fully saturated rings. The fourth-order valence-corrected chi connectivity index (χ4v) is 2.10. The number of carbonyl (C=O) groups is 1. The van der Waals surface area contributed by atoms with Gasteiger partial charge in [0.15, 0.2) is 5.78 Å². The fourth-order valence-electron chi connectivity index (χ4n) is 1.73. The molecule has 96 valence electrons. The van der Waals surface area contributed by atoms with Crippen LogP contribution in [0.2, 0.25) is 0 Å². The van der Waals surface area contributed by atoms with Crippen molar-refractivity contribution in [2.45, 2.75) is 6.92 Å². The summed E-state index contributed by atoms with van der Waals surface area (Å²) in [5.74, 6) is -0.232. The van der Waals surface area contributed by atoms with Gasteiger partial charge in [0.05, 0.1) is 5.56 Å². The molecule has 2 rings (SSSR count). The maximum Gasteiger partial charge on any atom is 0.189 e. The number of carbonyl (C=O) groups excluding carboxylic acids is 1. The fraction of sp³-hybridized carbons (Fsp3) is 0.0625. The van der Waals surface area contributed by atoms with Gasteiger partial charge in [-0.05, 0) is 42.3 Å². The van der Waals surface area contributed by atoms with Crippen molar-refractivity contribution >= 4 is 27.8 Å². The van der Waals surface area contributed by atoms with Crippen molar-refractivity contribution in [3.8, 4) is 5.75 Å². The van der Waals surface area contributed by atoms with Crippen LogP contribution >= 0.6 is 15.9 Å². The lowest BCUT2D eigenvalue weighted by Gasteiger charge is -2.02. The number of benzene rings is 2. The van der Waals surface area contributed by atoms with Gasteiger partial charge in [-0.2, -0.15) is 0 Å². The lowest BCUT2D eigenvalue weighted by atomic mass is 10.1. The van der Waals surface area contributed by atoms with Gasteiger partial charge < -0.3 is 5.11 Å². The Hall–Kier alpha value is -1.87. The lowest BCUT2D eigenvalue weighted by molar-refractivity contribution is 0.104. The van der Waals surface area contributed by atoms with E-state index in [1.165, 1.54) is 12.1 Å². The zero-order valence-electron chi connectivity index (χ0n) is 10.4. The second-order valence-corrected chi connectivity index (χ2v) is 5.13. The van der Waals surface area contributed by atoms with Crippen molar-refractivity contribution in [2.75, 3.05) is 0 Å². The molecule has 2 aromatic rings. The molecule has 0 saturated carbocycles. The van der Waals surface area contributed by atoms with Crippen LogP contribution in [0, 0.1) is 6.92 Å². The highest BCUT2D eigenvalue weighted by molar-refractivity contribution is 9.10. The van der Waals surface area contributed by atoms with Gasteiger partial charge in [0.2, 0.25) is 0 Å². The number of halogens is 1. The Morgan fingerprint density at radius 2 is 1.95 bits per heavy atom. The Morgan fingerprint density at radius 3 is 2.68 bits per heavy atom. The molecule has 0 aromatic heterocycles. The quantitative estimate of drug-likeness (QED) is 0.674. The summed E-state index contributed by atoms with van der Waals surface area (Å²) in [6.07, 6.45) is 3.24. The SMILES string of the molecule is Cc1ccccc1C=CC(=O)c1cc(Br)ccc1O. The van der Waals surface area contributed by atoms with Crippen LogP contribution in [-0.2, 0) is 0 Å². The number of hydrogen-bond acceptors (Lipinski definition) is 2. The molecule has 1 N–H and O–H groups in total. The molecule has 2 aromatic carbocycles. The molecule has 19 heavy (non-hydrogen) atoms. The van der Waals surface area contributed by atoms with Crippen molar-refractivity contribution < 1.29 is 9.90 Å². The zero-order chi connectivity index (χ0) is 13.8. The molecule has 0 saturated heterocycles. The van der Waals surface area contributed by atoms with Gasteiger partial charge in [0.1, 0.15) is 5.75 Å². The normalized spacial score (nSPS) is 10.8. The van der Waals surface area contributed by atoms with E-state index < -0.39 is 0 Å². The number of allylic oxidation sites excluding steroid dienone is 1. The molecule has 0 unspecified atom stereocenters. The number of ketones is 1. The summed E-state index contributed by atoms with van der Waals surface area (Å²) in [6, 6.07) is 12.6. The molecular weight excluding hydrogens is 304 g/mol. The van der Waals surface area contributed by atoms with Gasteiger partial charge in [-0.25, -0.2) is 0 Å². The topological polar surface area (TPSA) is 37.3 Å². The van der Waals surface area contributed by atoms with Crippen molar-refractivity contribution in [1.82, 2.24) is 0 Å². The molecule has 0 spiro atoms. The minimum atomic E-state index is -0.220. The van der Waals surface area contributed by atoms with E-state index in [1.807, 2.05) is 31.2 Å². The highest BCUT2D eigenvalue weighted by atomic mass is 79.9.